The van der Waals surface area contributed by atoms with E-state index in [9.17, 15) is 9.59 Å². The molecule has 0 spiro atoms. The van der Waals surface area contributed by atoms with Gasteiger partial charge in [-0.15, -0.1) is 12.4 Å². The van der Waals surface area contributed by atoms with Crippen LogP contribution in [0.3, 0.4) is 0 Å². The molecular weight excluding hydrogens is 278 g/mol. The van der Waals surface area contributed by atoms with Crippen molar-refractivity contribution < 1.29 is 9.59 Å². The third-order valence-electron chi connectivity index (χ3n) is 2.60. The molecule has 1 rings (SSSR count). The fourth-order valence-corrected chi connectivity index (χ4v) is 1.52. The second-order valence-corrected chi connectivity index (χ2v) is 4.49. The zero-order valence-electron chi connectivity index (χ0n) is 11.6. The van der Waals surface area contributed by atoms with Gasteiger partial charge in [0.15, 0.2) is 0 Å². The summed E-state index contributed by atoms with van der Waals surface area (Å²) in [6.07, 6.45) is 1.09. The minimum absolute atomic E-state index is 0. The maximum atomic E-state index is 11.7. The zero-order valence-corrected chi connectivity index (χ0v) is 12.4. The molecule has 5 nitrogen and oxygen atoms in total. The van der Waals surface area contributed by atoms with E-state index in [1.54, 1.807) is 12.1 Å². The molecule has 112 valence electrons. The summed E-state index contributed by atoms with van der Waals surface area (Å²) in [7, 11) is 0. The lowest BCUT2D eigenvalue weighted by Gasteiger charge is -2.08. The molecule has 0 saturated heterocycles. The average molecular weight is 300 g/mol. The highest BCUT2D eigenvalue weighted by Gasteiger charge is 2.05. The number of rotatable bonds is 7. The van der Waals surface area contributed by atoms with E-state index < -0.39 is 0 Å². The molecule has 20 heavy (non-hydrogen) atoms. The maximum absolute atomic E-state index is 11.7. The summed E-state index contributed by atoms with van der Waals surface area (Å²) in [5.74, 6) is -0.170. The van der Waals surface area contributed by atoms with Gasteiger partial charge in [0.1, 0.15) is 0 Å². The van der Waals surface area contributed by atoms with Gasteiger partial charge in [0.05, 0.1) is 0 Å². The van der Waals surface area contributed by atoms with Crippen LogP contribution in [0.1, 0.15) is 30.1 Å². The number of benzene rings is 1. The van der Waals surface area contributed by atoms with Crippen LogP contribution in [0.5, 0.6) is 0 Å². The molecule has 6 heteroatoms. The Morgan fingerprint density at radius 1 is 1.15 bits per heavy atom. The van der Waals surface area contributed by atoms with E-state index in [0.717, 1.165) is 0 Å². The van der Waals surface area contributed by atoms with Crippen LogP contribution in [0.25, 0.3) is 0 Å². The van der Waals surface area contributed by atoms with Gasteiger partial charge in [0.2, 0.25) is 5.91 Å². The van der Waals surface area contributed by atoms with Gasteiger partial charge in [0, 0.05) is 31.1 Å². The van der Waals surface area contributed by atoms with Crippen molar-refractivity contribution in [1.82, 2.24) is 10.6 Å². The predicted molar refractivity (Wildman–Crippen MR) is 81.9 cm³/mol. The van der Waals surface area contributed by atoms with Gasteiger partial charge in [-0.05, 0) is 25.5 Å². The van der Waals surface area contributed by atoms with Gasteiger partial charge in [-0.2, -0.15) is 0 Å². The first-order chi connectivity index (χ1) is 9.09. The number of carbonyl (C=O) groups is 2. The highest BCUT2D eigenvalue weighted by Crippen LogP contribution is 1.97. The number of hydrogen-bond donors (Lipinski definition) is 3. The molecule has 0 radical (unpaired) electrons. The standard InChI is InChI=1S/C14H21N3O2.ClH/c1-11(15)7-8-13(18)16-9-10-17-14(19)12-5-3-2-4-6-12;/h2-6,11H,7-10,15H2,1H3,(H,16,18)(H,17,19);1H. The van der Waals surface area contributed by atoms with Crippen LogP contribution in [-0.2, 0) is 4.79 Å². The molecule has 0 heterocycles. The van der Waals surface area contributed by atoms with Crippen molar-refractivity contribution in [3.05, 3.63) is 35.9 Å². The normalized spacial score (nSPS) is 11.1. The van der Waals surface area contributed by atoms with E-state index in [1.807, 2.05) is 25.1 Å². The Balaban J connectivity index is 0.00000361. The van der Waals surface area contributed by atoms with Crippen molar-refractivity contribution in [2.24, 2.45) is 5.73 Å². The fourth-order valence-electron chi connectivity index (χ4n) is 1.52. The number of halogens is 1. The minimum Gasteiger partial charge on any atom is -0.354 e. The van der Waals surface area contributed by atoms with Gasteiger partial charge in [-0.3, -0.25) is 9.59 Å². The second-order valence-electron chi connectivity index (χ2n) is 4.49. The Labute approximate surface area is 125 Å². The molecule has 0 bridgehead atoms. The molecule has 2 amide bonds. The Bertz CT molecular complexity index is 410. The van der Waals surface area contributed by atoms with Gasteiger partial charge < -0.3 is 16.4 Å². The van der Waals surface area contributed by atoms with Crippen molar-refractivity contribution >= 4 is 24.2 Å². The van der Waals surface area contributed by atoms with E-state index in [0.29, 0.717) is 31.5 Å². The molecule has 0 fully saturated rings. The summed E-state index contributed by atoms with van der Waals surface area (Å²) >= 11 is 0. The van der Waals surface area contributed by atoms with E-state index in [1.165, 1.54) is 0 Å². The van der Waals surface area contributed by atoms with E-state index >= 15 is 0 Å². The summed E-state index contributed by atoms with van der Waals surface area (Å²) < 4.78 is 0. The van der Waals surface area contributed by atoms with Crippen molar-refractivity contribution in [3.63, 3.8) is 0 Å². The molecule has 1 aromatic rings. The zero-order chi connectivity index (χ0) is 14.1. The predicted octanol–water partition coefficient (Wildman–Crippen LogP) is 1.08. The summed E-state index contributed by atoms with van der Waals surface area (Å²) in [5, 5.41) is 5.48. The van der Waals surface area contributed by atoms with E-state index in [4.69, 9.17) is 5.73 Å². The summed E-state index contributed by atoms with van der Waals surface area (Å²) in [6.45, 7) is 2.71. The third-order valence-corrected chi connectivity index (χ3v) is 2.60. The topological polar surface area (TPSA) is 84.2 Å². The molecule has 1 aromatic carbocycles. The third kappa shape index (κ3) is 7.76. The molecule has 0 aromatic heterocycles. The first kappa shape index (κ1) is 18.4. The lowest BCUT2D eigenvalue weighted by atomic mass is 10.2. The number of hydrogen-bond acceptors (Lipinski definition) is 3. The fraction of sp³-hybridized carbons (Fsp3) is 0.429. The molecule has 4 N–H and O–H groups in total. The second kappa shape index (κ2) is 10.2. The maximum Gasteiger partial charge on any atom is 0.251 e. The quantitative estimate of drug-likeness (QED) is 0.659. The van der Waals surface area contributed by atoms with E-state index in [-0.39, 0.29) is 30.3 Å². The number of nitrogens with two attached hydrogens (primary N) is 1. The van der Waals surface area contributed by atoms with Crippen molar-refractivity contribution in [2.45, 2.75) is 25.8 Å². The number of amides is 2. The molecule has 1 unspecified atom stereocenters. The van der Waals surface area contributed by atoms with Crippen molar-refractivity contribution in [3.8, 4) is 0 Å². The molecule has 0 aliphatic heterocycles. The molecule has 0 aliphatic rings. The molecule has 0 saturated carbocycles. The average Bonchev–Trinajstić information content (AvgIpc) is 2.42. The Morgan fingerprint density at radius 3 is 2.35 bits per heavy atom. The molecule has 1 atom stereocenters. The summed E-state index contributed by atoms with van der Waals surface area (Å²) in [5.41, 5.74) is 6.18. The largest absolute Gasteiger partial charge is 0.354 e. The first-order valence-electron chi connectivity index (χ1n) is 6.45. The van der Waals surface area contributed by atoms with Gasteiger partial charge in [0.25, 0.3) is 5.91 Å². The number of nitrogens with one attached hydrogen (secondary N) is 2. The Kier molecular flexibility index (Phi) is 9.41. The van der Waals surface area contributed by atoms with Crippen LogP contribution in [0.2, 0.25) is 0 Å². The van der Waals surface area contributed by atoms with Crippen LogP contribution in [0.15, 0.2) is 30.3 Å². The monoisotopic (exact) mass is 299 g/mol. The Morgan fingerprint density at radius 2 is 1.75 bits per heavy atom. The summed E-state index contributed by atoms with van der Waals surface area (Å²) in [6, 6.07) is 9.00. The minimum atomic E-state index is -0.134. The van der Waals surface area contributed by atoms with Crippen LogP contribution in [0, 0.1) is 0 Å². The van der Waals surface area contributed by atoms with Gasteiger partial charge in [-0.25, -0.2) is 0 Å². The van der Waals surface area contributed by atoms with Gasteiger partial charge >= 0.3 is 0 Å². The molecule has 0 aliphatic carbocycles. The summed E-state index contributed by atoms with van der Waals surface area (Å²) in [4.78, 5) is 23.0. The first-order valence-corrected chi connectivity index (χ1v) is 6.45. The molecular formula is C14H22ClN3O2. The van der Waals surface area contributed by atoms with Crippen LogP contribution in [0.4, 0.5) is 0 Å². The van der Waals surface area contributed by atoms with Crippen LogP contribution >= 0.6 is 12.4 Å². The lowest BCUT2D eigenvalue weighted by molar-refractivity contribution is -0.121. The van der Waals surface area contributed by atoms with Crippen molar-refractivity contribution in [1.29, 1.82) is 0 Å². The Hall–Kier alpha value is -1.59. The smallest absolute Gasteiger partial charge is 0.251 e. The van der Waals surface area contributed by atoms with Gasteiger partial charge in [-0.1, -0.05) is 18.2 Å². The number of carbonyl (C=O) groups excluding carboxylic acids is 2. The van der Waals surface area contributed by atoms with Crippen LogP contribution < -0.4 is 16.4 Å². The van der Waals surface area contributed by atoms with E-state index in [2.05, 4.69) is 10.6 Å². The SMILES string of the molecule is CC(N)CCC(=O)NCCNC(=O)c1ccccc1.Cl. The van der Waals surface area contributed by atoms with Crippen molar-refractivity contribution in [2.75, 3.05) is 13.1 Å². The highest BCUT2D eigenvalue weighted by molar-refractivity contribution is 5.94. The lowest BCUT2D eigenvalue weighted by Crippen LogP contribution is -2.35. The highest BCUT2D eigenvalue weighted by atomic mass is 35.5. The van der Waals surface area contributed by atoms with Crippen LogP contribution in [-0.4, -0.2) is 30.9 Å².